The maximum absolute atomic E-state index is 3.86. The molecule has 0 nitrogen and oxygen atoms in total. The molecule has 1 saturated carbocycles. The lowest BCUT2D eigenvalue weighted by Crippen LogP contribution is -2.09. The van der Waals surface area contributed by atoms with Gasteiger partial charge in [0.15, 0.2) is 0 Å². The summed E-state index contributed by atoms with van der Waals surface area (Å²) < 4.78 is 0.283. The van der Waals surface area contributed by atoms with E-state index < -0.39 is 0 Å². The van der Waals surface area contributed by atoms with Crippen LogP contribution >= 0.6 is 31.9 Å². The molecule has 102 valence electrons. The van der Waals surface area contributed by atoms with Gasteiger partial charge in [0.1, 0.15) is 0 Å². The summed E-state index contributed by atoms with van der Waals surface area (Å²) in [5, 5.41) is 0. The van der Waals surface area contributed by atoms with Crippen LogP contribution < -0.4 is 0 Å². The van der Waals surface area contributed by atoms with Gasteiger partial charge in [-0.25, -0.2) is 0 Å². The molecular formula is C15H28Br2. The van der Waals surface area contributed by atoms with E-state index in [2.05, 4.69) is 45.7 Å². The van der Waals surface area contributed by atoms with Gasteiger partial charge in [-0.2, -0.15) is 0 Å². The van der Waals surface area contributed by atoms with E-state index in [9.17, 15) is 0 Å². The van der Waals surface area contributed by atoms with E-state index in [0.717, 1.165) is 0 Å². The van der Waals surface area contributed by atoms with Crippen LogP contribution in [-0.2, 0) is 0 Å². The summed E-state index contributed by atoms with van der Waals surface area (Å²) in [7, 11) is 0. The second kappa shape index (κ2) is 7.53. The van der Waals surface area contributed by atoms with Gasteiger partial charge in [0.2, 0.25) is 0 Å². The minimum Gasteiger partial charge on any atom is -0.0721 e. The van der Waals surface area contributed by atoms with Crippen molar-refractivity contribution in [3.63, 3.8) is 0 Å². The number of alkyl halides is 2. The zero-order valence-corrected chi connectivity index (χ0v) is 14.7. The van der Waals surface area contributed by atoms with Crippen molar-refractivity contribution in [2.75, 3.05) is 0 Å². The summed E-state index contributed by atoms with van der Waals surface area (Å²) in [5.74, 6) is 0. The van der Waals surface area contributed by atoms with Gasteiger partial charge in [-0.15, -0.1) is 0 Å². The Hall–Kier alpha value is 0.960. The van der Waals surface area contributed by atoms with Crippen molar-refractivity contribution < 1.29 is 0 Å². The molecule has 0 radical (unpaired) electrons. The molecule has 0 aromatic carbocycles. The first-order chi connectivity index (χ1) is 8.08. The van der Waals surface area contributed by atoms with Crippen LogP contribution in [-0.4, -0.2) is 3.23 Å². The van der Waals surface area contributed by atoms with Gasteiger partial charge in [0.25, 0.3) is 0 Å². The van der Waals surface area contributed by atoms with Crippen LogP contribution in [0.2, 0.25) is 0 Å². The zero-order valence-electron chi connectivity index (χ0n) is 11.5. The van der Waals surface area contributed by atoms with E-state index in [1.807, 2.05) is 0 Å². The second-order valence-electron chi connectivity index (χ2n) is 5.78. The van der Waals surface area contributed by atoms with E-state index in [1.165, 1.54) is 70.6 Å². The Bertz CT molecular complexity index is 199. The van der Waals surface area contributed by atoms with E-state index in [-0.39, 0.29) is 3.23 Å². The predicted octanol–water partition coefficient (Wildman–Crippen LogP) is 6.80. The molecule has 1 aliphatic rings. The lowest BCUT2D eigenvalue weighted by molar-refractivity contribution is 0.385. The Morgan fingerprint density at radius 2 is 1.18 bits per heavy atom. The Labute approximate surface area is 125 Å². The van der Waals surface area contributed by atoms with Crippen LogP contribution in [0.25, 0.3) is 0 Å². The number of hydrogen-bond donors (Lipinski definition) is 0. The van der Waals surface area contributed by atoms with Gasteiger partial charge in [-0.05, 0) is 24.7 Å². The van der Waals surface area contributed by atoms with Crippen LogP contribution in [0.1, 0.15) is 84.5 Å². The van der Waals surface area contributed by atoms with Crippen molar-refractivity contribution in [2.24, 2.45) is 5.41 Å². The van der Waals surface area contributed by atoms with Gasteiger partial charge in [0, 0.05) is 0 Å². The molecule has 0 bridgehead atoms. The molecule has 0 aliphatic heterocycles. The molecule has 1 aliphatic carbocycles. The Morgan fingerprint density at radius 3 is 1.47 bits per heavy atom. The minimum atomic E-state index is 0.283. The van der Waals surface area contributed by atoms with Crippen molar-refractivity contribution >= 4 is 31.9 Å². The average molecular weight is 368 g/mol. The predicted molar refractivity (Wildman–Crippen MR) is 85.2 cm³/mol. The number of unbranched alkanes of at least 4 members (excludes halogenated alkanes) is 6. The third-order valence-corrected chi connectivity index (χ3v) is 6.47. The largest absolute Gasteiger partial charge is 0.0868 e. The second-order valence-corrected chi connectivity index (χ2v) is 9.55. The fourth-order valence-electron chi connectivity index (χ4n) is 2.83. The molecule has 0 aromatic heterocycles. The lowest BCUT2D eigenvalue weighted by Gasteiger charge is -2.18. The maximum Gasteiger partial charge on any atom is 0.0868 e. The normalized spacial score (nSPS) is 20.5. The van der Waals surface area contributed by atoms with E-state index in [1.54, 1.807) is 0 Å². The first-order valence-corrected chi connectivity index (χ1v) is 9.04. The summed E-state index contributed by atoms with van der Waals surface area (Å²) >= 11 is 7.73. The SMILES string of the molecule is CCCCCCC1(CCCCCC)CC1(Br)Br. The molecule has 0 heterocycles. The molecule has 1 fully saturated rings. The summed E-state index contributed by atoms with van der Waals surface area (Å²) in [6, 6.07) is 0. The number of rotatable bonds is 10. The summed E-state index contributed by atoms with van der Waals surface area (Å²) in [5.41, 5.74) is 0.578. The average Bonchev–Trinajstić information content (AvgIpc) is 2.83. The third kappa shape index (κ3) is 4.86. The number of halogens is 2. The Balaban J connectivity index is 2.22. The topological polar surface area (TPSA) is 0 Å². The highest BCUT2D eigenvalue weighted by atomic mass is 79.9. The first-order valence-electron chi connectivity index (χ1n) is 7.46. The monoisotopic (exact) mass is 366 g/mol. The maximum atomic E-state index is 3.86. The molecular weight excluding hydrogens is 340 g/mol. The molecule has 0 N–H and O–H groups in total. The van der Waals surface area contributed by atoms with Crippen molar-refractivity contribution in [2.45, 2.75) is 87.7 Å². The van der Waals surface area contributed by atoms with E-state index in [4.69, 9.17) is 0 Å². The standard InChI is InChI=1S/C15H28Br2/c1-3-5-7-9-11-14(13-15(14,16)17)12-10-8-6-4-2/h3-13H2,1-2H3. The highest BCUT2D eigenvalue weighted by Crippen LogP contribution is 2.71. The molecule has 2 heteroatoms. The quantitative estimate of drug-likeness (QED) is 0.294. The van der Waals surface area contributed by atoms with E-state index in [0.29, 0.717) is 5.41 Å². The third-order valence-electron chi connectivity index (χ3n) is 4.23. The van der Waals surface area contributed by atoms with Crippen LogP contribution in [0.4, 0.5) is 0 Å². The minimum absolute atomic E-state index is 0.283. The molecule has 1 rings (SSSR count). The van der Waals surface area contributed by atoms with Crippen LogP contribution in [0, 0.1) is 5.41 Å². The fourth-order valence-corrected chi connectivity index (χ4v) is 4.70. The van der Waals surface area contributed by atoms with Crippen molar-refractivity contribution in [1.82, 2.24) is 0 Å². The van der Waals surface area contributed by atoms with E-state index >= 15 is 0 Å². The van der Waals surface area contributed by atoms with Crippen molar-refractivity contribution in [3.8, 4) is 0 Å². The molecule has 0 spiro atoms. The summed E-state index contributed by atoms with van der Waals surface area (Å²) in [6.07, 6.45) is 15.3. The van der Waals surface area contributed by atoms with Crippen LogP contribution in [0.15, 0.2) is 0 Å². The lowest BCUT2D eigenvalue weighted by atomic mass is 9.91. The van der Waals surface area contributed by atoms with Gasteiger partial charge in [0.05, 0.1) is 3.23 Å². The van der Waals surface area contributed by atoms with Gasteiger partial charge in [-0.3, -0.25) is 0 Å². The highest BCUT2D eigenvalue weighted by Gasteiger charge is 2.63. The summed E-state index contributed by atoms with van der Waals surface area (Å²) in [6.45, 7) is 4.58. The number of hydrogen-bond acceptors (Lipinski definition) is 0. The Kier molecular flexibility index (Phi) is 7.09. The fraction of sp³-hybridized carbons (Fsp3) is 1.00. The molecule has 0 amide bonds. The van der Waals surface area contributed by atoms with Crippen molar-refractivity contribution in [3.05, 3.63) is 0 Å². The van der Waals surface area contributed by atoms with Gasteiger partial charge in [-0.1, -0.05) is 97.1 Å². The molecule has 0 unspecified atom stereocenters. The van der Waals surface area contributed by atoms with Gasteiger partial charge < -0.3 is 0 Å². The first kappa shape index (κ1) is 16.0. The summed E-state index contributed by atoms with van der Waals surface area (Å²) in [4.78, 5) is 0. The molecule has 17 heavy (non-hydrogen) atoms. The van der Waals surface area contributed by atoms with Crippen molar-refractivity contribution in [1.29, 1.82) is 0 Å². The zero-order chi connectivity index (χ0) is 12.8. The van der Waals surface area contributed by atoms with Gasteiger partial charge >= 0.3 is 0 Å². The smallest absolute Gasteiger partial charge is 0.0721 e. The molecule has 0 saturated heterocycles. The Morgan fingerprint density at radius 1 is 0.765 bits per heavy atom. The highest BCUT2D eigenvalue weighted by molar-refractivity contribution is 9.25. The van der Waals surface area contributed by atoms with Crippen LogP contribution in [0.3, 0.4) is 0 Å². The molecule has 0 aromatic rings. The molecule has 0 atom stereocenters. The van der Waals surface area contributed by atoms with Crippen LogP contribution in [0.5, 0.6) is 0 Å².